The van der Waals surface area contributed by atoms with E-state index < -0.39 is 11.8 Å². The second kappa shape index (κ2) is 10.4. The van der Waals surface area contributed by atoms with E-state index in [1.54, 1.807) is 30.3 Å². The summed E-state index contributed by atoms with van der Waals surface area (Å²) in [5.41, 5.74) is 4.55. The minimum absolute atomic E-state index is 0.236. The lowest BCUT2D eigenvalue weighted by Gasteiger charge is -2.15. The molecule has 1 heterocycles. The predicted molar refractivity (Wildman–Crippen MR) is 136 cm³/mol. The first-order valence-electron chi connectivity index (χ1n) is 9.71. The van der Waals surface area contributed by atoms with E-state index in [9.17, 15) is 9.59 Å². The monoisotopic (exact) mass is 514 g/mol. The smallest absolute Gasteiger partial charge is 0.285 e. The lowest BCUT2D eigenvalue weighted by Crippen LogP contribution is -2.44. The maximum Gasteiger partial charge on any atom is 0.285 e. The molecule has 4 rings (SSSR count). The first kappa shape index (κ1) is 23.3. The van der Waals surface area contributed by atoms with Crippen molar-refractivity contribution >= 4 is 69.4 Å². The van der Waals surface area contributed by atoms with Gasteiger partial charge in [-0.25, -0.2) is 0 Å². The summed E-state index contributed by atoms with van der Waals surface area (Å²) >= 11 is 18.4. The molecule has 0 spiro atoms. The van der Waals surface area contributed by atoms with E-state index in [0.717, 1.165) is 27.9 Å². The zero-order valence-corrected chi connectivity index (χ0v) is 20.1. The summed E-state index contributed by atoms with van der Waals surface area (Å²) in [7, 11) is 0. The summed E-state index contributed by atoms with van der Waals surface area (Å²) in [5.74, 6) is -0.232. The fourth-order valence-electron chi connectivity index (χ4n) is 2.95. The maximum absolute atomic E-state index is 12.8. The molecule has 3 aromatic carbocycles. The topological polar surface area (TPSA) is 58.6 Å². The number of carbonyl (C=O) groups is 2. The number of hydrazine groups is 1. The number of ether oxygens (including phenoxy) is 1. The average Bonchev–Trinajstić information content (AvgIpc) is 3.06. The molecule has 33 heavy (non-hydrogen) atoms. The van der Waals surface area contributed by atoms with Crippen LogP contribution in [0, 0.1) is 0 Å². The van der Waals surface area contributed by atoms with Crippen LogP contribution in [0.2, 0.25) is 10.0 Å². The number of nitrogens with zero attached hydrogens (tertiary/aromatic N) is 1. The number of halogens is 2. The summed E-state index contributed by atoms with van der Waals surface area (Å²) < 4.78 is 6.08. The normalized spacial score (nSPS) is 14.6. The van der Waals surface area contributed by atoms with E-state index in [1.807, 2.05) is 48.5 Å². The highest BCUT2D eigenvalue weighted by Gasteiger charge is 2.33. The highest BCUT2D eigenvalue weighted by molar-refractivity contribution is 8.26. The van der Waals surface area contributed by atoms with Gasteiger partial charge in [-0.3, -0.25) is 15.0 Å². The maximum atomic E-state index is 12.8. The van der Waals surface area contributed by atoms with Gasteiger partial charge in [-0.1, -0.05) is 65.3 Å². The van der Waals surface area contributed by atoms with Crippen molar-refractivity contribution in [3.63, 3.8) is 0 Å². The molecule has 0 atom stereocenters. The number of thiocarbonyl (C=S) groups is 1. The number of hydrogen-bond donors (Lipinski definition) is 1. The summed E-state index contributed by atoms with van der Waals surface area (Å²) in [4.78, 5) is 25.7. The second-order valence-electron chi connectivity index (χ2n) is 6.92. The Hall–Kier alpha value is -2.84. The van der Waals surface area contributed by atoms with E-state index in [2.05, 4.69) is 5.43 Å². The van der Waals surface area contributed by atoms with Crippen LogP contribution in [0.5, 0.6) is 5.75 Å². The minimum Gasteiger partial charge on any atom is -0.489 e. The number of thioether (sulfide) groups is 1. The van der Waals surface area contributed by atoms with Gasteiger partial charge in [-0.05, 0) is 66.3 Å². The molecule has 0 unspecified atom stereocenters. The largest absolute Gasteiger partial charge is 0.489 e. The minimum atomic E-state index is -0.459. The summed E-state index contributed by atoms with van der Waals surface area (Å²) in [6.45, 7) is 0.321. The van der Waals surface area contributed by atoms with E-state index in [0.29, 0.717) is 32.9 Å². The zero-order chi connectivity index (χ0) is 23.4. The van der Waals surface area contributed by atoms with Crippen LogP contribution in [0.1, 0.15) is 21.5 Å². The third-order valence-corrected chi connectivity index (χ3v) is 6.54. The molecule has 0 saturated carbocycles. The number of nitrogens with one attached hydrogen (secondary N) is 1. The van der Waals surface area contributed by atoms with Crippen molar-refractivity contribution in [3.05, 3.63) is 104 Å². The van der Waals surface area contributed by atoms with Crippen LogP contribution in [0.15, 0.2) is 77.7 Å². The van der Waals surface area contributed by atoms with Crippen LogP contribution in [0.3, 0.4) is 0 Å². The molecule has 0 bridgehead atoms. The molecule has 1 saturated heterocycles. The van der Waals surface area contributed by atoms with Gasteiger partial charge in [0.15, 0.2) is 4.32 Å². The van der Waals surface area contributed by atoms with E-state index >= 15 is 0 Å². The summed E-state index contributed by atoms with van der Waals surface area (Å²) in [5, 5.41) is 2.22. The van der Waals surface area contributed by atoms with E-state index in [-0.39, 0.29) is 4.32 Å². The van der Waals surface area contributed by atoms with Gasteiger partial charge >= 0.3 is 0 Å². The number of hydrogen-bond acceptors (Lipinski definition) is 5. The second-order valence-corrected chi connectivity index (χ2v) is 9.44. The van der Waals surface area contributed by atoms with Crippen LogP contribution in [-0.4, -0.2) is 21.1 Å². The van der Waals surface area contributed by atoms with Gasteiger partial charge in [0.1, 0.15) is 12.4 Å². The fraction of sp³-hybridized carbons (Fsp3) is 0.0417. The van der Waals surface area contributed by atoms with Gasteiger partial charge in [0, 0.05) is 21.2 Å². The standard InChI is InChI=1S/C24H16Cl2N2O3S2/c25-18-10-8-16(9-11-18)22(29)27-28-23(30)21(33-24(28)32)13-15-4-3-6-19(12-15)31-14-17-5-1-2-7-20(17)26/h1-13H,14H2,(H,27,29)/b21-13+. The fourth-order valence-corrected chi connectivity index (χ4v) is 4.45. The molecule has 0 aromatic heterocycles. The lowest BCUT2D eigenvalue weighted by atomic mass is 10.2. The third-order valence-electron chi connectivity index (χ3n) is 4.62. The molecule has 0 aliphatic carbocycles. The molecule has 1 fully saturated rings. The molecule has 2 amide bonds. The molecular weight excluding hydrogens is 499 g/mol. The molecule has 3 aromatic rings. The van der Waals surface area contributed by atoms with Gasteiger partial charge in [0.05, 0.1) is 4.91 Å². The lowest BCUT2D eigenvalue weighted by molar-refractivity contribution is -0.123. The Morgan fingerprint density at radius 3 is 2.58 bits per heavy atom. The van der Waals surface area contributed by atoms with Crippen molar-refractivity contribution in [1.82, 2.24) is 10.4 Å². The van der Waals surface area contributed by atoms with Gasteiger partial charge in [-0.2, -0.15) is 5.01 Å². The van der Waals surface area contributed by atoms with E-state index in [4.69, 9.17) is 40.2 Å². The van der Waals surface area contributed by atoms with Crippen molar-refractivity contribution in [2.75, 3.05) is 0 Å². The highest BCUT2D eigenvalue weighted by Crippen LogP contribution is 2.32. The van der Waals surface area contributed by atoms with Crippen LogP contribution < -0.4 is 10.2 Å². The Labute approximate surface area is 210 Å². The average molecular weight is 515 g/mol. The molecule has 0 radical (unpaired) electrons. The van der Waals surface area contributed by atoms with Crippen molar-refractivity contribution < 1.29 is 14.3 Å². The Kier molecular flexibility index (Phi) is 7.35. The first-order valence-corrected chi connectivity index (χ1v) is 11.7. The molecule has 1 aliphatic heterocycles. The van der Waals surface area contributed by atoms with Gasteiger partial charge in [-0.15, -0.1) is 0 Å². The first-order chi connectivity index (χ1) is 15.9. The quantitative estimate of drug-likeness (QED) is 0.317. The van der Waals surface area contributed by atoms with Gasteiger partial charge < -0.3 is 4.74 Å². The van der Waals surface area contributed by atoms with Crippen molar-refractivity contribution in [2.24, 2.45) is 0 Å². The molecule has 1 aliphatic rings. The Balaban J connectivity index is 1.44. The van der Waals surface area contributed by atoms with Crippen molar-refractivity contribution in [3.8, 4) is 5.75 Å². The Morgan fingerprint density at radius 1 is 1.06 bits per heavy atom. The van der Waals surface area contributed by atoms with Gasteiger partial charge in [0.25, 0.3) is 11.8 Å². The number of amides is 2. The number of rotatable bonds is 6. The van der Waals surface area contributed by atoms with Gasteiger partial charge in [0.2, 0.25) is 0 Å². The summed E-state index contributed by atoms with van der Waals surface area (Å²) in [6, 6.07) is 21.1. The zero-order valence-electron chi connectivity index (χ0n) is 17.0. The number of benzene rings is 3. The van der Waals surface area contributed by atoms with Crippen LogP contribution in [-0.2, 0) is 11.4 Å². The van der Waals surface area contributed by atoms with Crippen LogP contribution in [0.25, 0.3) is 6.08 Å². The van der Waals surface area contributed by atoms with Crippen LogP contribution in [0.4, 0.5) is 0 Å². The Morgan fingerprint density at radius 2 is 1.82 bits per heavy atom. The van der Waals surface area contributed by atoms with E-state index in [1.165, 1.54) is 0 Å². The molecule has 9 heteroatoms. The SMILES string of the molecule is O=C(NN1C(=O)/C(=C\c2cccc(OCc3ccccc3Cl)c2)SC1=S)c1ccc(Cl)cc1. The molecule has 1 N–H and O–H groups in total. The summed E-state index contributed by atoms with van der Waals surface area (Å²) in [6.07, 6.45) is 1.70. The molecular formula is C24H16Cl2N2O3S2. The molecule has 5 nitrogen and oxygen atoms in total. The third kappa shape index (κ3) is 5.75. The number of carbonyl (C=O) groups excluding carboxylic acids is 2. The Bertz CT molecular complexity index is 1260. The van der Waals surface area contributed by atoms with Crippen LogP contribution >= 0.6 is 47.2 Å². The van der Waals surface area contributed by atoms with Crippen molar-refractivity contribution in [2.45, 2.75) is 6.61 Å². The van der Waals surface area contributed by atoms with Crippen molar-refractivity contribution in [1.29, 1.82) is 0 Å². The highest BCUT2D eigenvalue weighted by atomic mass is 35.5. The molecule has 166 valence electrons. The predicted octanol–water partition coefficient (Wildman–Crippen LogP) is 6.12.